The van der Waals surface area contributed by atoms with Crippen LogP contribution in [0, 0.1) is 0 Å². The molecule has 1 aromatic heterocycles. The van der Waals surface area contributed by atoms with Crippen molar-refractivity contribution in [3.8, 4) is 0 Å². The van der Waals surface area contributed by atoms with Gasteiger partial charge in [0.05, 0.1) is 17.4 Å². The summed E-state index contributed by atoms with van der Waals surface area (Å²) in [6.45, 7) is 1.80. The smallest absolute Gasteiger partial charge is 0.240 e. The summed E-state index contributed by atoms with van der Waals surface area (Å²) in [5.41, 5.74) is 0.946. The van der Waals surface area contributed by atoms with E-state index < -0.39 is 10.0 Å². The molecule has 102 valence electrons. The zero-order chi connectivity index (χ0) is 13.9. The third-order valence-corrected chi connectivity index (χ3v) is 4.41. The average molecular weight is 300 g/mol. The van der Waals surface area contributed by atoms with Gasteiger partial charge < -0.3 is 4.42 Å². The SMILES string of the molecule is CC(Cc1ccoc1)NS(=O)(=O)c1cccc(Cl)c1. The summed E-state index contributed by atoms with van der Waals surface area (Å²) in [5, 5.41) is 0.394. The van der Waals surface area contributed by atoms with E-state index in [9.17, 15) is 8.42 Å². The van der Waals surface area contributed by atoms with Crippen LogP contribution in [-0.2, 0) is 16.4 Å². The zero-order valence-corrected chi connectivity index (χ0v) is 11.9. The molecule has 1 N–H and O–H groups in total. The number of hydrogen-bond donors (Lipinski definition) is 1. The van der Waals surface area contributed by atoms with E-state index in [1.54, 1.807) is 31.6 Å². The predicted molar refractivity (Wildman–Crippen MR) is 73.6 cm³/mol. The Morgan fingerprint density at radius 2 is 2.16 bits per heavy atom. The van der Waals surface area contributed by atoms with E-state index >= 15 is 0 Å². The van der Waals surface area contributed by atoms with E-state index in [2.05, 4.69) is 4.72 Å². The van der Waals surface area contributed by atoms with Crippen molar-refractivity contribution in [1.29, 1.82) is 0 Å². The Bertz CT molecular complexity index is 638. The second-order valence-electron chi connectivity index (χ2n) is 4.32. The minimum absolute atomic E-state index is 0.166. The highest BCUT2D eigenvalue weighted by Crippen LogP contribution is 2.16. The molecule has 0 aliphatic rings. The molecule has 0 saturated carbocycles. The highest BCUT2D eigenvalue weighted by atomic mass is 35.5. The van der Waals surface area contributed by atoms with E-state index in [4.69, 9.17) is 16.0 Å². The lowest BCUT2D eigenvalue weighted by molar-refractivity contribution is 0.549. The van der Waals surface area contributed by atoms with Gasteiger partial charge in [-0.3, -0.25) is 0 Å². The van der Waals surface area contributed by atoms with E-state index in [-0.39, 0.29) is 10.9 Å². The summed E-state index contributed by atoms with van der Waals surface area (Å²) in [7, 11) is -3.55. The number of furan rings is 1. The highest BCUT2D eigenvalue weighted by Gasteiger charge is 2.17. The predicted octanol–water partition coefficient (Wildman–Crippen LogP) is 2.84. The van der Waals surface area contributed by atoms with E-state index in [1.165, 1.54) is 12.1 Å². The van der Waals surface area contributed by atoms with Crippen molar-refractivity contribution < 1.29 is 12.8 Å². The van der Waals surface area contributed by atoms with Crippen molar-refractivity contribution in [3.63, 3.8) is 0 Å². The standard InChI is InChI=1S/C13H14ClNO3S/c1-10(7-11-5-6-18-9-11)15-19(16,17)13-4-2-3-12(14)8-13/h2-6,8-10,15H,7H2,1H3. The Morgan fingerprint density at radius 1 is 1.37 bits per heavy atom. The molecular weight excluding hydrogens is 286 g/mol. The van der Waals surface area contributed by atoms with Gasteiger partial charge in [0, 0.05) is 11.1 Å². The molecule has 0 spiro atoms. The average Bonchev–Trinajstić information content (AvgIpc) is 2.81. The molecule has 0 fully saturated rings. The molecule has 2 rings (SSSR count). The molecule has 1 unspecified atom stereocenters. The van der Waals surface area contributed by atoms with Crippen LogP contribution in [0.3, 0.4) is 0 Å². The lowest BCUT2D eigenvalue weighted by atomic mass is 10.1. The van der Waals surface area contributed by atoms with E-state index in [0.717, 1.165) is 5.56 Å². The fourth-order valence-corrected chi connectivity index (χ4v) is 3.32. The monoisotopic (exact) mass is 299 g/mol. The summed E-state index contributed by atoms with van der Waals surface area (Å²) < 4.78 is 31.8. The first-order valence-corrected chi connectivity index (χ1v) is 7.62. The van der Waals surface area contributed by atoms with Crippen LogP contribution in [0.5, 0.6) is 0 Å². The Labute approximate surface area is 117 Å². The number of rotatable bonds is 5. The fourth-order valence-electron chi connectivity index (χ4n) is 1.77. The summed E-state index contributed by atoms with van der Waals surface area (Å²) in [6, 6.07) is 7.76. The van der Waals surface area contributed by atoms with Crippen LogP contribution in [0.15, 0.2) is 52.2 Å². The molecule has 1 aromatic carbocycles. The second kappa shape index (κ2) is 5.77. The summed E-state index contributed by atoms with van der Waals surface area (Å²) in [5.74, 6) is 0. The highest BCUT2D eigenvalue weighted by molar-refractivity contribution is 7.89. The topological polar surface area (TPSA) is 59.3 Å². The number of sulfonamides is 1. The van der Waals surface area contributed by atoms with Crippen LogP contribution >= 0.6 is 11.6 Å². The van der Waals surface area contributed by atoms with E-state index in [0.29, 0.717) is 11.4 Å². The number of hydrogen-bond acceptors (Lipinski definition) is 3. The van der Waals surface area contributed by atoms with Gasteiger partial charge in [-0.05, 0) is 43.2 Å². The Morgan fingerprint density at radius 3 is 2.79 bits per heavy atom. The Hall–Kier alpha value is -1.30. The van der Waals surface area contributed by atoms with Crippen LogP contribution in [-0.4, -0.2) is 14.5 Å². The van der Waals surface area contributed by atoms with Crippen molar-refractivity contribution in [2.75, 3.05) is 0 Å². The van der Waals surface area contributed by atoms with Gasteiger partial charge in [0.1, 0.15) is 0 Å². The Kier molecular flexibility index (Phi) is 4.29. The van der Waals surface area contributed by atoms with Crippen molar-refractivity contribution >= 4 is 21.6 Å². The molecule has 0 amide bonds. The maximum Gasteiger partial charge on any atom is 0.240 e. The van der Waals surface area contributed by atoms with Gasteiger partial charge in [0.15, 0.2) is 0 Å². The first-order valence-electron chi connectivity index (χ1n) is 5.76. The minimum Gasteiger partial charge on any atom is -0.472 e. The molecule has 0 aliphatic carbocycles. The van der Waals surface area contributed by atoms with Crippen LogP contribution in [0.4, 0.5) is 0 Å². The van der Waals surface area contributed by atoms with Gasteiger partial charge in [-0.25, -0.2) is 13.1 Å². The van der Waals surface area contributed by atoms with Crippen LogP contribution in [0.1, 0.15) is 12.5 Å². The summed E-state index contributed by atoms with van der Waals surface area (Å²) in [4.78, 5) is 0.166. The molecule has 6 heteroatoms. The quantitative estimate of drug-likeness (QED) is 0.923. The van der Waals surface area contributed by atoms with Gasteiger partial charge in [-0.1, -0.05) is 17.7 Å². The molecule has 2 aromatic rings. The number of benzene rings is 1. The van der Waals surface area contributed by atoms with E-state index in [1.807, 2.05) is 6.07 Å². The van der Waals surface area contributed by atoms with Crippen molar-refractivity contribution in [3.05, 3.63) is 53.4 Å². The molecule has 0 aliphatic heterocycles. The van der Waals surface area contributed by atoms with Crippen molar-refractivity contribution in [2.45, 2.75) is 24.3 Å². The maximum absolute atomic E-state index is 12.1. The van der Waals surface area contributed by atoms with Gasteiger partial charge in [0.2, 0.25) is 10.0 Å². The molecule has 4 nitrogen and oxygen atoms in total. The van der Waals surface area contributed by atoms with Gasteiger partial charge in [-0.2, -0.15) is 0 Å². The van der Waals surface area contributed by atoms with Crippen molar-refractivity contribution in [1.82, 2.24) is 4.72 Å². The molecule has 1 heterocycles. The molecule has 19 heavy (non-hydrogen) atoms. The molecule has 0 bridgehead atoms. The van der Waals surface area contributed by atoms with Crippen LogP contribution in [0.25, 0.3) is 0 Å². The first-order chi connectivity index (χ1) is 8.97. The van der Waals surface area contributed by atoms with Gasteiger partial charge in [0.25, 0.3) is 0 Å². The van der Waals surface area contributed by atoms with Crippen LogP contribution < -0.4 is 4.72 Å². The summed E-state index contributed by atoms with van der Waals surface area (Å²) in [6.07, 6.45) is 3.73. The lowest BCUT2D eigenvalue weighted by Crippen LogP contribution is -2.34. The van der Waals surface area contributed by atoms with Crippen molar-refractivity contribution in [2.24, 2.45) is 0 Å². The third-order valence-electron chi connectivity index (χ3n) is 2.58. The zero-order valence-electron chi connectivity index (χ0n) is 10.3. The Balaban J connectivity index is 2.09. The minimum atomic E-state index is -3.55. The lowest BCUT2D eigenvalue weighted by Gasteiger charge is -2.13. The number of halogens is 1. The largest absolute Gasteiger partial charge is 0.472 e. The van der Waals surface area contributed by atoms with Crippen LogP contribution in [0.2, 0.25) is 5.02 Å². The fraction of sp³-hybridized carbons (Fsp3) is 0.231. The summed E-state index contributed by atoms with van der Waals surface area (Å²) >= 11 is 5.80. The first kappa shape index (κ1) is 14.1. The molecule has 0 saturated heterocycles. The molecular formula is C13H14ClNO3S. The normalized spacial score (nSPS) is 13.4. The third kappa shape index (κ3) is 3.83. The second-order valence-corrected chi connectivity index (χ2v) is 6.47. The maximum atomic E-state index is 12.1. The van der Waals surface area contributed by atoms with Gasteiger partial charge in [-0.15, -0.1) is 0 Å². The molecule has 1 atom stereocenters. The number of nitrogens with one attached hydrogen (secondary N) is 1. The van der Waals surface area contributed by atoms with Gasteiger partial charge >= 0.3 is 0 Å². The molecule has 0 radical (unpaired) electrons.